The summed E-state index contributed by atoms with van der Waals surface area (Å²) < 4.78 is 23.0. The van der Waals surface area contributed by atoms with Crippen LogP contribution in [-0.2, 0) is 28.5 Å². The molecule has 0 aromatic rings. The number of hydrogen-bond donors (Lipinski definition) is 8. The zero-order valence-corrected chi connectivity index (χ0v) is 25.7. The number of esters is 1. The molecule has 2 saturated heterocycles. The number of carbonyl (C=O) groups excluding carboxylic acids is 2. The SMILES string of the molecule is C[C@@]12CCC[C@@](C)(C(=O)O[C@@H]3O[C@H](CO)[C@@H](O)[C@H](O)[C@H]3O)[C@H]1CC[C@]13CC(=O)[C@](O[C@@H]4O[C@H](CO)[C@@H](O)[C@H](O)[C@H]4O)(CC[C@H]12)C3. The fourth-order valence-electron chi connectivity index (χ4n) is 10.4. The zero-order chi connectivity index (χ0) is 32.7. The standard InChI is InChI=1S/C31H48O14/c1-28-6-3-7-29(2,27(41)44-25-23(39)21(37)19(35)14(11-32)42-25)16(28)4-8-30-10-18(34)31(13-30,9-5-17(28)30)45-26-24(40)22(38)20(36)15(12-33)43-26/h14-17,19-26,32-33,35-40H,3-13H2,1-2H3/t14-,15-,16+,17+,19-,20-,21+,22+,23-,24-,25+,26+,28-,29-,30-,31+/m1/s1. The van der Waals surface area contributed by atoms with Gasteiger partial charge >= 0.3 is 5.97 Å². The summed E-state index contributed by atoms with van der Waals surface area (Å²) in [4.78, 5) is 27.7. The van der Waals surface area contributed by atoms with Crippen LogP contribution in [0.2, 0.25) is 0 Å². The average Bonchev–Trinajstić information content (AvgIpc) is 3.20. The first-order valence-corrected chi connectivity index (χ1v) is 16.2. The molecule has 6 fully saturated rings. The van der Waals surface area contributed by atoms with Gasteiger partial charge in [-0.3, -0.25) is 9.59 Å². The van der Waals surface area contributed by atoms with E-state index in [0.29, 0.717) is 38.5 Å². The van der Waals surface area contributed by atoms with E-state index in [9.17, 15) is 50.4 Å². The van der Waals surface area contributed by atoms with Crippen LogP contribution < -0.4 is 0 Å². The van der Waals surface area contributed by atoms with Crippen LogP contribution in [0.25, 0.3) is 0 Å². The van der Waals surface area contributed by atoms with Crippen molar-refractivity contribution in [3.63, 3.8) is 0 Å². The molecule has 0 radical (unpaired) electrons. The molecule has 6 rings (SSSR count). The third kappa shape index (κ3) is 5.02. The van der Waals surface area contributed by atoms with Crippen LogP contribution in [-0.4, -0.2) is 133 Å². The van der Waals surface area contributed by atoms with Gasteiger partial charge in [0.05, 0.1) is 18.6 Å². The van der Waals surface area contributed by atoms with Crippen molar-refractivity contribution in [1.82, 2.24) is 0 Å². The van der Waals surface area contributed by atoms with E-state index in [-0.39, 0.29) is 29.5 Å². The molecule has 0 aromatic heterocycles. The summed E-state index contributed by atoms with van der Waals surface area (Å²) in [7, 11) is 0. The monoisotopic (exact) mass is 644 g/mol. The highest BCUT2D eigenvalue weighted by atomic mass is 16.7. The Bertz CT molecular complexity index is 1150. The summed E-state index contributed by atoms with van der Waals surface area (Å²) in [5.74, 6) is -0.746. The highest BCUT2D eigenvalue weighted by Gasteiger charge is 2.70. The Balaban J connectivity index is 1.20. The summed E-state index contributed by atoms with van der Waals surface area (Å²) in [6.07, 6.45) is -10.0. The number of fused-ring (bicyclic) bond motifs is 3. The minimum absolute atomic E-state index is 0.0707. The topological polar surface area (TPSA) is 233 Å². The average molecular weight is 645 g/mol. The maximum atomic E-state index is 13.9. The van der Waals surface area contributed by atoms with E-state index in [4.69, 9.17) is 18.9 Å². The number of aliphatic hydroxyl groups is 8. The molecule has 1 spiro atoms. The first kappa shape index (κ1) is 33.6. The van der Waals surface area contributed by atoms with Crippen molar-refractivity contribution in [3.05, 3.63) is 0 Å². The van der Waals surface area contributed by atoms with Gasteiger partial charge in [0.15, 0.2) is 12.1 Å². The van der Waals surface area contributed by atoms with Gasteiger partial charge in [-0.2, -0.15) is 0 Å². The van der Waals surface area contributed by atoms with Crippen molar-refractivity contribution in [1.29, 1.82) is 0 Å². The van der Waals surface area contributed by atoms with Crippen LogP contribution in [0.15, 0.2) is 0 Å². The molecule has 2 bridgehead atoms. The fraction of sp³-hybridized carbons (Fsp3) is 0.935. The number of aliphatic hydroxyl groups excluding tert-OH is 8. The van der Waals surface area contributed by atoms with Crippen molar-refractivity contribution in [2.75, 3.05) is 13.2 Å². The van der Waals surface area contributed by atoms with E-state index >= 15 is 0 Å². The Morgan fingerprint density at radius 3 is 1.98 bits per heavy atom. The van der Waals surface area contributed by atoms with Gasteiger partial charge in [-0.25, -0.2) is 0 Å². The summed E-state index contributed by atoms with van der Waals surface area (Å²) in [6.45, 7) is 2.79. The number of ether oxygens (including phenoxy) is 4. The zero-order valence-electron chi connectivity index (χ0n) is 25.7. The summed E-state index contributed by atoms with van der Waals surface area (Å²) in [6, 6.07) is 0. The summed E-state index contributed by atoms with van der Waals surface area (Å²) in [5, 5.41) is 81.1. The lowest BCUT2D eigenvalue weighted by Gasteiger charge is -2.64. The molecule has 4 saturated carbocycles. The number of carbonyl (C=O) groups is 2. The van der Waals surface area contributed by atoms with Crippen molar-refractivity contribution >= 4 is 11.8 Å². The van der Waals surface area contributed by atoms with Gasteiger partial charge in [-0.15, -0.1) is 0 Å². The highest BCUT2D eigenvalue weighted by molar-refractivity contribution is 5.91. The minimum Gasteiger partial charge on any atom is -0.432 e. The van der Waals surface area contributed by atoms with Crippen LogP contribution in [0, 0.1) is 28.1 Å². The second-order valence-electron chi connectivity index (χ2n) is 15.0. The van der Waals surface area contributed by atoms with E-state index in [2.05, 4.69) is 6.92 Å². The van der Waals surface area contributed by atoms with E-state index in [0.717, 1.165) is 12.8 Å². The predicted molar refractivity (Wildman–Crippen MR) is 150 cm³/mol. The molecule has 6 aliphatic rings. The van der Waals surface area contributed by atoms with Gasteiger partial charge in [0.2, 0.25) is 6.29 Å². The first-order valence-electron chi connectivity index (χ1n) is 16.2. The molecule has 256 valence electrons. The Morgan fingerprint density at radius 1 is 0.778 bits per heavy atom. The molecular formula is C31H48O14. The van der Waals surface area contributed by atoms with E-state index in [1.54, 1.807) is 0 Å². The van der Waals surface area contributed by atoms with Crippen molar-refractivity contribution in [2.45, 2.75) is 139 Å². The summed E-state index contributed by atoms with van der Waals surface area (Å²) >= 11 is 0. The third-order valence-corrected chi connectivity index (χ3v) is 12.7. The number of Topliss-reactive ketones (excluding diaryl/α,β-unsaturated/α-hetero) is 1. The lowest BCUT2D eigenvalue weighted by atomic mass is 9.41. The largest absolute Gasteiger partial charge is 0.432 e. The molecule has 14 heteroatoms. The smallest absolute Gasteiger partial charge is 0.314 e. The molecular weight excluding hydrogens is 596 g/mol. The second kappa shape index (κ2) is 11.7. The number of ketones is 1. The predicted octanol–water partition coefficient (Wildman–Crippen LogP) is -1.75. The Morgan fingerprint density at radius 2 is 1.36 bits per heavy atom. The molecule has 0 amide bonds. The van der Waals surface area contributed by atoms with Crippen molar-refractivity contribution < 1.29 is 69.4 Å². The van der Waals surface area contributed by atoms with Crippen molar-refractivity contribution in [3.8, 4) is 0 Å². The van der Waals surface area contributed by atoms with Crippen LogP contribution >= 0.6 is 0 Å². The minimum atomic E-state index is -1.69. The molecule has 16 atom stereocenters. The van der Waals surface area contributed by atoms with Crippen LogP contribution in [0.4, 0.5) is 0 Å². The maximum Gasteiger partial charge on any atom is 0.314 e. The molecule has 14 nitrogen and oxygen atoms in total. The van der Waals surface area contributed by atoms with Gasteiger partial charge in [0.25, 0.3) is 0 Å². The van der Waals surface area contributed by atoms with Gasteiger partial charge in [0, 0.05) is 6.42 Å². The Labute approximate surface area is 261 Å². The van der Waals surface area contributed by atoms with Gasteiger partial charge in [-0.05, 0) is 74.5 Å². The van der Waals surface area contributed by atoms with Gasteiger partial charge in [-0.1, -0.05) is 13.3 Å². The maximum absolute atomic E-state index is 13.9. The van der Waals surface area contributed by atoms with Gasteiger partial charge in [0.1, 0.15) is 54.4 Å². The molecule has 45 heavy (non-hydrogen) atoms. The quantitative estimate of drug-likeness (QED) is 0.118. The second-order valence-corrected chi connectivity index (χ2v) is 15.0. The van der Waals surface area contributed by atoms with E-state index in [1.807, 2.05) is 6.92 Å². The third-order valence-electron chi connectivity index (χ3n) is 12.7. The Kier molecular flexibility index (Phi) is 8.73. The molecule has 8 N–H and O–H groups in total. The van der Waals surface area contributed by atoms with Crippen LogP contribution in [0.3, 0.4) is 0 Å². The lowest BCUT2D eigenvalue weighted by molar-refractivity contribution is -0.327. The fourth-order valence-corrected chi connectivity index (χ4v) is 10.4. The van der Waals surface area contributed by atoms with Crippen LogP contribution in [0.5, 0.6) is 0 Å². The summed E-state index contributed by atoms with van der Waals surface area (Å²) in [5.41, 5.74) is -2.96. The molecule has 0 aromatic carbocycles. The van der Waals surface area contributed by atoms with Gasteiger partial charge < -0.3 is 59.8 Å². The number of hydrogen-bond acceptors (Lipinski definition) is 14. The highest BCUT2D eigenvalue weighted by Crippen LogP contribution is 2.72. The van der Waals surface area contributed by atoms with Crippen molar-refractivity contribution in [2.24, 2.45) is 28.1 Å². The normalized spacial score (nSPS) is 54.7. The first-order chi connectivity index (χ1) is 21.2. The Hall–Kier alpha value is -1.30. The molecule has 2 aliphatic heterocycles. The molecule has 0 unspecified atom stereocenters. The lowest BCUT2D eigenvalue weighted by Crippen LogP contribution is -2.63. The van der Waals surface area contributed by atoms with E-state index < -0.39 is 97.0 Å². The number of rotatable bonds is 6. The van der Waals surface area contributed by atoms with E-state index in [1.165, 1.54) is 0 Å². The molecule has 2 heterocycles. The van der Waals surface area contributed by atoms with Crippen LogP contribution in [0.1, 0.15) is 71.6 Å². The molecule has 4 aliphatic carbocycles.